The second-order valence-electron chi connectivity index (χ2n) is 6.76. The van der Waals surface area contributed by atoms with Crippen molar-refractivity contribution in [3.05, 3.63) is 54.4 Å². The van der Waals surface area contributed by atoms with Crippen LogP contribution in [0.25, 0.3) is 0 Å². The van der Waals surface area contributed by atoms with Crippen molar-refractivity contribution in [3.8, 4) is 0 Å². The lowest BCUT2D eigenvalue weighted by Gasteiger charge is -2.30. The summed E-state index contributed by atoms with van der Waals surface area (Å²) in [5, 5.41) is 4.85. The molecule has 0 unspecified atom stereocenters. The monoisotopic (exact) mass is 438 g/mol. The van der Waals surface area contributed by atoms with E-state index in [0.29, 0.717) is 12.8 Å². The van der Waals surface area contributed by atoms with Crippen LogP contribution in [-0.2, 0) is 19.6 Å². The summed E-state index contributed by atoms with van der Waals surface area (Å²) < 4.78 is 52.5. The molecule has 11 heteroatoms. The second-order valence-corrected chi connectivity index (χ2v) is 8.70. The van der Waals surface area contributed by atoms with Crippen LogP contribution < -0.4 is 10.6 Å². The molecule has 160 valence electrons. The summed E-state index contributed by atoms with van der Waals surface area (Å²) >= 11 is 0. The first-order valence-electron chi connectivity index (χ1n) is 9.20. The summed E-state index contributed by atoms with van der Waals surface area (Å²) in [6, 6.07) is 5.94. The molecule has 0 spiro atoms. The van der Waals surface area contributed by atoms with E-state index in [1.807, 2.05) is 0 Å². The smallest absolute Gasteiger partial charge is 0.244 e. The van der Waals surface area contributed by atoms with E-state index in [2.05, 4.69) is 15.6 Å². The Kier molecular flexibility index (Phi) is 6.73. The molecule has 2 N–H and O–H groups in total. The van der Waals surface area contributed by atoms with E-state index < -0.39 is 33.5 Å². The quantitative estimate of drug-likeness (QED) is 0.711. The number of nitrogens with one attached hydrogen (secondary N) is 2. The number of anilines is 1. The summed E-state index contributed by atoms with van der Waals surface area (Å²) in [4.78, 5) is 28.1. The molecule has 0 atom stereocenters. The molecule has 2 aromatic rings. The van der Waals surface area contributed by atoms with E-state index in [0.717, 1.165) is 12.1 Å². The minimum atomic E-state index is -3.66. The minimum absolute atomic E-state index is 0.0714. The first-order valence-corrected chi connectivity index (χ1v) is 10.6. The van der Waals surface area contributed by atoms with Crippen molar-refractivity contribution in [2.24, 2.45) is 5.92 Å². The van der Waals surface area contributed by atoms with E-state index in [1.165, 1.54) is 28.8 Å². The lowest BCUT2D eigenvalue weighted by molar-refractivity contribution is -0.128. The number of rotatable bonds is 6. The Bertz CT molecular complexity index is 1030. The normalized spacial score (nSPS) is 15.5. The van der Waals surface area contributed by atoms with Crippen molar-refractivity contribution in [2.45, 2.75) is 17.7 Å². The Balaban J connectivity index is 1.47. The van der Waals surface area contributed by atoms with Crippen LogP contribution in [0.2, 0.25) is 0 Å². The van der Waals surface area contributed by atoms with Gasteiger partial charge in [-0.3, -0.25) is 14.6 Å². The molecule has 0 radical (unpaired) electrons. The van der Waals surface area contributed by atoms with Crippen LogP contribution >= 0.6 is 0 Å². The summed E-state index contributed by atoms with van der Waals surface area (Å²) in [6.07, 6.45) is 3.39. The fourth-order valence-corrected chi connectivity index (χ4v) is 4.53. The SMILES string of the molecule is O=C(CNC(=O)C1CCN(S(=O)(=O)c2cccnc2)CC1)Nc1ccc(F)c(F)c1. The van der Waals surface area contributed by atoms with Crippen LogP contribution in [0.3, 0.4) is 0 Å². The number of benzene rings is 1. The number of nitrogens with zero attached hydrogens (tertiary/aromatic N) is 2. The molecule has 1 aliphatic heterocycles. The molecule has 2 heterocycles. The lowest BCUT2D eigenvalue weighted by atomic mass is 9.97. The number of pyridine rings is 1. The maximum absolute atomic E-state index is 13.2. The zero-order valence-corrected chi connectivity index (χ0v) is 16.7. The van der Waals surface area contributed by atoms with Gasteiger partial charge in [0.1, 0.15) is 4.90 Å². The Morgan fingerprint density at radius 3 is 2.50 bits per heavy atom. The number of halogens is 2. The van der Waals surface area contributed by atoms with Gasteiger partial charge in [-0.2, -0.15) is 4.31 Å². The van der Waals surface area contributed by atoms with E-state index in [-0.39, 0.29) is 36.1 Å². The molecule has 1 aromatic heterocycles. The molecule has 1 aliphatic rings. The van der Waals surface area contributed by atoms with Gasteiger partial charge >= 0.3 is 0 Å². The third kappa shape index (κ3) is 5.16. The van der Waals surface area contributed by atoms with Gasteiger partial charge in [-0.25, -0.2) is 17.2 Å². The second kappa shape index (κ2) is 9.26. The summed E-state index contributed by atoms with van der Waals surface area (Å²) in [5.41, 5.74) is 0.0714. The van der Waals surface area contributed by atoms with Gasteiger partial charge < -0.3 is 10.6 Å². The van der Waals surface area contributed by atoms with Crippen molar-refractivity contribution in [3.63, 3.8) is 0 Å². The number of hydrogen-bond acceptors (Lipinski definition) is 5. The molecule has 3 rings (SSSR count). The van der Waals surface area contributed by atoms with Gasteiger partial charge in [0.25, 0.3) is 0 Å². The molecule has 0 saturated carbocycles. The molecule has 1 saturated heterocycles. The molecular weight excluding hydrogens is 418 g/mol. The van der Waals surface area contributed by atoms with Crippen LogP contribution in [0.5, 0.6) is 0 Å². The van der Waals surface area contributed by atoms with Gasteiger partial charge in [-0.1, -0.05) is 0 Å². The Hall–Kier alpha value is -2.92. The summed E-state index contributed by atoms with van der Waals surface area (Å²) in [6.45, 7) is 0.0127. The van der Waals surface area contributed by atoms with Gasteiger partial charge in [0, 0.05) is 43.2 Å². The predicted octanol–water partition coefficient (Wildman–Crippen LogP) is 1.52. The summed E-state index contributed by atoms with van der Waals surface area (Å²) in [7, 11) is -3.66. The van der Waals surface area contributed by atoms with Crippen LogP contribution in [-0.4, -0.2) is 49.2 Å². The van der Waals surface area contributed by atoms with Gasteiger partial charge in [-0.05, 0) is 37.1 Å². The van der Waals surface area contributed by atoms with Gasteiger partial charge in [-0.15, -0.1) is 0 Å². The van der Waals surface area contributed by atoms with E-state index in [9.17, 15) is 26.8 Å². The number of sulfonamides is 1. The first-order chi connectivity index (χ1) is 14.3. The van der Waals surface area contributed by atoms with Crippen molar-refractivity contribution >= 4 is 27.5 Å². The molecule has 8 nitrogen and oxygen atoms in total. The number of hydrogen-bond donors (Lipinski definition) is 2. The van der Waals surface area contributed by atoms with Crippen molar-refractivity contribution in [2.75, 3.05) is 25.0 Å². The maximum atomic E-state index is 13.2. The molecule has 30 heavy (non-hydrogen) atoms. The molecule has 2 amide bonds. The third-order valence-corrected chi connectivity index (χ3v) is 6.61. The highest BCUT2D eigenvalue weighted by Crippen LogP contribution is 2.23. The largest absolute Gasteiger partial charge is 0.347 e. The topological polar surface area (TPSA) is 108 Å². The third-order valence-electron chi connectivity index (χ3n) is 4.72. The fraction of sp³-hybridized carbons (Fsp3) is 0.316. The zero-order chi connectivity index (χ0) is 21.7. The Labute approximate surface area is 172 Å². The number of carbonyl (C=O) groups excluding carboxylic acids is 2. The standard InChI is InChI=1S/C19H20F2N4O4S/c20-16-4-3-14(10-17(16)21)24-18(26)12-23-19(27)13-5-8-25(9-6-13)30(28,29)15-2-1-7-22-11-15/h1-4,7,10-11,13H,5-6,8-9,12H2,(H,23,27)(H,24,26). The molecule has 1 aromatic carbocycles. The highest BCUT2D eigenvalue weighted by Gasteiger charge is 2.32. The highest BCUT2D eigenvalue weighted by atomic mass is 32.2. The van der Waals surface area contributed by atoms with E-state index >= 15 is 0 Å². The average Bonchev–Trinajstić information content (AvgIpc) is 2.75. The lowest BCUT2D eigenvalue weighted by Crippen LogP contribution is -2.44. The molecule has 0 bridgehead atoms. The minimum Gasteiger partial charge on any atom is -0.347 e. The van der Waals surface area contributed by atoms with Crippen LogP contribution in [0.4, 0.5) is 14.5 Å². The van der Waals surface area contributed by atoms with Crippen LogP contribution in [0.15, 0.2) is 47.6 Å². The van der Waals surface area contributed by atoms with E-state index in [4.69, 9.17) is 0 Å². The summed E-state index contributed by atoms with van der Waals surface area (Å²) in [5.74, 6) is -3.51. The fourth-order valence-electron chi connectivity index (χ4n) is 3.10. The maximum Gasteiger partial charge on any atom is 0.244 e. The van der Waals surface area contributed by atoms with Gasteiger partial charge in [0.2, 0.25) is 21.8 Å². The first kappa shape index (κ1) is 21.8. The Morgan fingerprint density at radius 1 is 1.13 bits per heavy atom. The predicted molar refractivity (Wildman–Crippen MR) is 104 cm³/mol. The number of carbonyl (C=O) groups is 2. The van der Waals surface area contributed by atoms with Crippen molar-refractivity contribution in [1.82, 2.24) is 14.6 Å². The van der Waals surface area contributed by atoms with Gasteiger partial charge in [0.05, 0.1) is 6.54 Å². The Morgan fingerprint density at radius 2 is 1.87 bits per heavy atom. The number of aromatic nitrogens is 1. The van der Waals surface area contributed by atoms with Crippen LogP contribution in [0.1, 0.15) is 12.8 Å². The number of amides is 2. The zero-order valence-electron chi connectivity index (χ0n) is 15.8. The molecule has 0 aliphatic carbocycles. The number of piperidine rings is 1. The van der Waals surface area contributed by atoms with Gasteiger partial charge in [0.15, 0.2) is 11.6 Å². The average molecular weight is 438 g/mol. The van der Waals surface area contributed by atoms with Crippen LogP contribution in [0, 0.1) is 17.6 Å². The van der Waals surface area contributed by atoms with E-state index in [1.54, 1.807) is 6.07 Å². The van der Waals surface area contributed by atoms with Crippen molar-refractivity contribution in [1.29, 1.82) is 0 Å². The van der Waals surface area contributed by atoms with Crippen molar-refractivity contribution < 1.29 is 26.8 Å². The highest BCUT2D eigenvalue weighted by molar-refractivity contribution is 7.89. The molecule has 1 fully saturated rings. The molecular formula is C19H20F2N4O4S.